The van der Waals surface area contributed by atoms with Crippen LogP contribution in [0.15, 0.2) is 23.4 Å². The fraction of sp³-hybridized carbons (Fsp3) is 0.462. The number of oxime groups is 1. The molecule has 0 radical (unpaired) electrons. The third-order valence-electron chi connectivity index (χ3n) is 2.58. The van der Waals surface area contributed by atoms with Crippen molar-refractivity contribution in [1.29, 1.82) is 0 Å². The third-order valence-corrected chi connectivity index (χ3v) is 2.58. The quantitative estimate of drug-likeness (QED) is 0.425. The van der Waals surface area contributed by atoms with Gasteiger partial charge in [-0.1, -0.05) is 31.1 Å². The van der Waals surface area contributed by atoms with Gasteiger partial charge in [0.2, 0.25) is 0 Å². The van der Waals surface area contributed by atoms with E-state index in [0.717, 1.165) is 5.56 Å². The van der Waals surface area contributed by atoms with Crippen LogP contribution in [0.3, 0.4) is 0 Å². The summed E-state index contributed by atoms with van der Waals surface area (Å²) in [5.74, 6) is 0. The molecule has 0 aliphatic heterocycles. The van der Waals surface area contributed by atoms with E-state index < -0.39 is 0 Å². The SMILES string of the molecule is CC.O/N=C\c1ccc2c(c1)CCCC2. The van der Waals surface area contributed by atoms with Crippen LogP contribution in [-0.4, -0.2) is 11.4 Å². The molecule has 15 heavy (non-hydrogen) atoms. The molecule has 0 unspecified atom stereocenters. The Morgan fingerprint density at radius 3 is 2.47 bits per heavy atom. The van der Waals surface area contributed by atoms with Crippen molar-refractivity contribution in [2.45, 2.75) is 39.5 Å². The molecule has 0 saturated heterocycles. The summed E-state index contributed by atoms with van der Waals surface area (Å²) in [5, 5.41) is 11.4. The summed E-state index contributed by atoms with van der Waals surface area (Å²) < 4.78 is 0. The molecule has 0 atom stereocenters. The minimum atomic E-state index is 0.989. The van der Waals surface area contributed by atoms with Gasteiger partial charge in [0.05, 0.1) is 6.21 Å². The highest BCUT2D eigenvalue weighted by atomic mass is 16.4. The summed E-state index contributed by atoms with van der Waals surface area (Å²) in [4.78, 5) is 0. The first-order valence-electron chi connectivity index (χ1n) is 5.69. The summed E-state index contributed by atoms with van der Waals surface area (Å²) in [5.41, 5.74) is 3.87. The second-order valence-electron chi connectivity index (χ2n) is 3.48. The smallest absolute Gasteiger partial charge is 0.0733 e. The van der Waals surface area contributed by atoms with E-state index in [1.807, 2.05) is 19.9 Å². The molecule has 2 nitrogen and oxygen atoms in total. The number of rotatable bonds is 1. The predicted molar refractivity (Wildman–Crippen MR) is 63.8 cm³/mol. The van der Waals surface area contributed by atoms with Crippen LogP contribution >= 0.6 is 0 Å². The monoisotopic (exact) mass is 205 g/mol. The zero-order valence-electron chi connectivity index (χ0n) is 9.53. The largest absolute Gasteiger partial charge is 0.411 e. The van der Waals surface area contributed by atoms with Crippen LogP contribution in [0.1, 0.15) is 43.4 Å². The highest BCUT2D eigenvalue weighted by Gasteiger charge is 2.08. The van der Waals surface area contributed by atoms with Gasteiger partial charge >= 0.3 is 0 Å². The minimum Gasteiger partial charge on any atom is -0.411 e. The van der Waals surface area contributed by atoms with Gasteiger partial charge < -0.3 is 5.21 Å². The number of nitrogens with zero attached hydrogens (tertiary/aromatic N) is 1. The Kier molecular flexibility index (Phi) is 4.88. The molecular formula is C13H19NO. The molecule has 1 N–H and O–H groups in total. The van der Waals surface area contributed by atoms with Crippen molar-refractivity contribution in [3.63, 3.8) is 0 Å². The van der Waals surface area contributed by atoms with E-state index in [-0.39, 0.29) is 0 Å². The van der Waals surface area contributed by atoms with Gasteiger partial charge in [0, 0.05) is 0 Å². The van der Waals surface area contributed by atoms with Gasteiger partial charge in [0.15, 0.2) is 0 Å². The first-order chi connectivity index (χ1) is 7.40. The first kappa shape index (κ1) is 11.8. The molecule has 0 bridgehead atoms. The Morgan fingerprint density at radius 2 is 1.80 bits per heavy atom. The van der Waals surface area contributed by atoms with Crippen molar-refractivity contribution in [3.05, 3.63) is 34.9 Å². The maximum atomic E-state index is 8.39. The van der Waals surface area contributed by atoms with Gasteiger partial charge in [0.1, 0.15) is 0 Å². The van der Waals surface area contributed by atoms with Crippen LogP contribution in [0.2, 0.25) is 0 Å². The first-order valence-corrected chi connectivity index (χ1v) is 5.69. The average Bonchev–Trinajstić information content (AvgIpc) is 2.32. The molecule has 82 valence electrons. The molecule has 1 aromatic rings. The molecule has 2 rings (SSSR count). The predicted octanol–water partition coefficient (Wildman–Crippen LogP) is 3.40. The molecular weight excluding hydrogens is 186 g/mol. The number of fused-ring (bicyclic) bond motifs is 1. The van der Waals surface area contributed by atoms with Crippen molar-refractivity contribution in [2.24, 2.45) is 5.16 Å². The second-order valence-corrected chi connectivity index (χ2v) is 3.48. The Morgan fingerprint density at radius 1 is 1.13 bits per heavy atom. The molecule has 0 aromatic heterocycles. The number of benzene rings is 1. The Hall–Kier alpha value is -1.31. The van der Waals surface area contributed by atoms with E-state index in [9.17, 15) is 0 Å². The third kappa shape index (κ3) is 3.08. The zero-order valence-corrected chi connectivity index (χ0v) is 9.53. The van der Waals surface area contributed by atoms with Gasteiger partial charge in [0.25, 0.3) is 0 Å². The van der Waals surface area contributed by atoms with Crippen LogP contribution in [-0.2, 0) is 12.8 Å². The lowest BCUT2D eigenvalue weighted by Gasteiger charge is -2.15. The van der Waals surface area contributed by atoms with Gasteiger partial charge in [-0.15, -0.1) is 0 Å². The van der Waals surface area contributed by atoms with Crippen molar-refractivity contribution in [2.75, 3.05) is 0 Å². The molecule has 1 aliphatic rings. The minimum absolute atomic E-state index is 0.989. The molecule has 0 heterocycles. The van der Waals surface area contributed by atoms with Crippen molar-refractivity contribution >= 4 is 6.21 Å². The summed E-state index contributed by atoms with van der Waals surface area (Å²) in [6, 6.07) is 6.27. The highest BCUT2D eigenvalue weighted by Crippen LogP contribution is 2.21. The lowest BCUT2D eigenvalue weighted by Crippen LogP contribution is -2.02. The second kappa shape index (κ2) is 6.23. The van der Waals surface area contributed by atoms with Crippen molar-refractivity contribution < 1.29 is 5.21 Å². The molecule has 0 saturated carbocycles. The molecule has 0 spiro atoms. The van der Waals surface area contributed by atoms with Crippen LogP contribution in [0.5, 0.6) is 0 Å². The van der Waals surface area contributed by atoms with Crippen LogP contribution in [0.4, 0.5) is 0 Å². The van der Waals surface area contributed by atoms with Gasteiger partial charge in [-0.05, 0) is 48.4 Å². The van der Waals surface area contributed by atoms with E-state index in [1.54, 1.807) is 0 Å². The van der Waals surface area contributed by atoms with E-state index in [2.05, 4.69) is 17.3 Å². The summed E-state index contributed by atoms with van der Waals surface area (Å²) in [7, 11) is 0. The summed E-state index contributed by atoms with van der Waals surface area (Å²) in [6.07, 6.45) is 6.44. The lowest BCUT2D eigenvalue weighted by atomic mass is 9.90. The Bertz CT molecular complexity index is 331. The summed E-state index contributed by atoms with van der Waals surface area (Å²) in [6.45, 7) is 4.00. The molecule has 1 aromatic carbocycles. The van der Waals surface area contributed by atoms with Crippen LogP contribution in [0.25, 0.3) is 0 Å². The van der Waals surface area contributed by atoms with E-state index in [4.69, 9.17) is 5.21 Å². The van der Waals surface area contributed by atoms with Gasteiger partial charge in [-0.2, -0.15) is 0 Å². The standard InChI is InChI=1S/C11H13NO.C2H6/c13-12-8-9-5-6-10-3-1-2-4-11(10)7-9;1-2/h5-8,13H,1-4H2;1-2H3/b12-8-;. The number of aryl methyl sites for hydroxylation is 2. The maximum absolute atomic E-state index is 8.39. The number of hydrogen-bond donors (Lipinski definition) is 1. The molecule has 1 aliphatic carbocycles. The van der Waals surface area contributed by atoms with E-state index in [1.165, 1.54) is 43.0 Å². The normalized spacial score (nSPS) is 14.3. The fourth-order valence-corrected chi connectivity index (χ4v) is 1.90. The van der Waals surface area contributed by atoms with E-state index >= 15 is 0 Å². The molecule has 2 heteroatoms. The average molecular weight is 205 g/mol. The Labute approximate surface area is 91.6 Å². The van der Waals surface area contributed by atoms with Crippen molar-refractivity contribution in [1.82, 2.24) is 0 Å². The summed E-state index contributed by atoms with van der Waals surface area (Å²) >= 11 is 0. The maximum Gasteiger partial charge on any atom is 0.0733 e. The van der Waals surface area contributed by atoms with Crippen molar-refractivity contribution in [3.8, 4) is 0 Å². The number of hydrogen-bond acceptors (Lipinski definition) is 2. The van der Waals surface area contributed by atoms with E-state index in [0.29, 0.717) is 0 Å². The van der Waals surface area contributed by atoms with Gasteiger partial charge in [-0.25, -0.2) is 0 Å². The molecule has 0 amide bonds. The zero-order chi connectivity index (χ0) is 11.1. The van der Waals surface area contributed by atoms with Crippen LogP contribution < -0.4 is 0 Å². The Balaban J connectivity index is 0.000000531. The topological polar surface area (TPSA) is 32.6 Å². The lowest BCUT2D eigenvalue weighted by molar-refractivity contribution is 0.322. The highest BCUT2D eigenvalue weighted by molar-refractivity contribution is 5.79. The van der Waals surface area contributed by atoms with Crippen LogP contribution in [0, 0.1) is 0 Å². The fourth-order valence-electron chi connectivity index (χ4n) is 1.90. The molecule has 0 fully saturated rings. The van der Waals surface area contributed by atoms with Gasteiger partial charge in [-0.3, -0.25) is 0 Å².